The molecule has 17 nitrogen and oxygen atoms in total. The van der Waals surface area contributed by atoms with Gasteiger partial charge in [0.15, 0.2) is 28.9 Å². The van der Waals surface area contributed by atoms with Crippen LogP contribution in [-0.2, 0) is 76.8 Å². The van der Waals surface area contributed by atoms with E-state index in [2.05, 4.69) is 0 Å². The number of aliphatic hydroxyl groups excluding tert-OH is 5. The third kappa shape index (κ3) is 285. The monoisotopic (exact) mass is 923 g/mol. The van der Waals surface area contributed by atoms with Crippen LogP contribution in [-0.4, -0.2) is 87.6 Å². The van der Waals surface area contributed by atoms with Crippen molar-refractivity contribution < 1.29 is 159 Å². The molecule has 0 aromatic heterocycles. The van der Waals surface area contributed by atoms with Gasteiger partial charge in [-0.1, -0.05) is 0 Å². The van der Waals surface area contributed by atoms with E-state index in [1.165, 1.54) is 99.6 Å². The molecule has 1 radical (unpaired) electrons. The smallest absolute Gasteiger partial charge is 0 e. The Labute approximate surface area is 339 Å². The molecule has 0 atom stereocenters. The van der Waals surface area contributed by atoms with E-state index in [-0.39, 0.29) is 124 Å². The summed E-state index contributed by atoms with van der Waals surface area (Å²) < 4.78 is 8.25. The van der Waals surface area contributed by atoms with Crippen LogP contribution in [0.25, 0.3) is 0 Å². The normalized spacial score (nSPS) is 9.24. The number of hydrogen-bond acceptors (Lipinski definition) is 13. The number of carbonyl (C=O) groups excluding carboxylic acids is 5. The third-order valence-corrected chi connectivity index (χ3v) is 2.06. The van der Waals surface area contributed by atoms with Crippen LogP contribution in [0.4, 0.5) is 0 Å². The number of ketones is 5. The van der Waals surface area contributed by atoms with Crippen molar-refractivity contribution in [3.63, 3.8) is 0 Å². The summed E-state index contributed by atoms with van der Waals surface area (Å²) in [4.78, 5) is 68.1. The van der Waals surface area contributed by atoms with E-state index in [1.807, 2.05) is 0 Å². The van der Waals surface area contributed by atoms with Crippen LogP contribution in [0.3, 0.4) is 0 Å². The molecule has 0 aromatic carbocycles. The maximum absolute atomic E-state index is 10.0. The van der Waals surface area contributed by atoms with Crippen molar-refractivity contribution in [3.05, 3.63) is 59.2 Å². The van der Waals surface area contributed by atoms with Crippen molar-refractivity contribution in [1.29, 1.82) is 0 Å². The van der Waals surface area contributed by atoms with Gasteiger partial charge in [0.05, 0.1) is 28.8 Å². The minimum atomic E-state index is -0.833. The minimum absolute atomic E-state index is 0. The second kappa shape index (κ2) is 60.6. The number of carboxylic acids is 2. The van der Waals surface area contributed by atoms with Gasteiger partial charge in [0.25, 0.3) is 11.9 Å². The number of aliphatic hydroxyl groups is 5. The van der Waals surface area contributed by atoms with E-state index in [0.29, 0.717) is 0 Å². The van der Waals surface area contributed by atoms with Gasteiger partial charge in [-0.15, -0.1) is 0 Å². The van der Waals surface area contributed by atoms with E-state index in [0.717, 1.165) is 34.3 Å². The molecule has 20 heteroatoms. The predicted octanol–water partition coefficient (Wildman–Crippen LogP) is 3.59. The molecule has 0 saturated carbocycles. The molecule has 0 saturated heterocycles. The van der Waals surface area contributed by atoms with Crippen molar-refractivity contribution in [2.45, 2.75) is 83.1 Å². The van der Waals surface area contributed by atoms with Gasteiger partial charge in [-0.2, -0.15) is 0 Å². The topological polar surface area (TPSA) is 341 Å². The van der Waals surface area contributed by atoms with Gasteiger partial charge in [-0.05, 0) is 69.2 Å². The van der Waals surface area contributed by atoms with Crippen molar-refractivity contribution >= 4 is 40.9 Å². The van der Waals surface area contributed by atoms with Crippen molar-refractivity contribution in [1.82, 2.24) is 0 Å². The zero-order valence-corrected chi connectivity index (χ0v) is 38.2. The second-order valence-corrected chi connectivity index (χ2v) is 8.02. The summed E-state index contributed by atoms with van der Waals surface area (Å²) in [6.45, 7) is 16.4. The first kappa shape index (κ1) is 80.7. The number of carboxylic acid groups (broad SMARTS) is 2. The third-order valence-electron chi connectivity index (χ3n) is 2.06. The Morgan fingerprint density at radius 2 is 0.408 bits per heavy atom. The minimum Gasteiger partial charge on any atom is 0 e. The molecule has 0 fully saturated rings. The number of aliphatic carboxylic acids is 2. The summed E-state index contributed by atoms with van der Waals surface area (Å²) in [5.41, 5.74) is 0. The molecule has 0 unspecified atom stereocenters. The summed E-state index contributed by atoms with van der Waals surface area (Å²) >= 11 is 0.750. The molecule has 0 rings (SSSR count). The van der Waals surface area contributed by atoms with Crippen LogP contribution in [0.2, 0.25) is 0 Å². The first-order valence-corrected chi connectivity index (χ1v) is 12.7. The van der Waals surface area contributed by atoms with Crippen LogP contribution in [0, 0.1) is 35.6 Å². The molecule has 0 amide bonds. The molecule has 0 aliphatic heterocycles. The van der Waals surface area contributed by atoms with E-state index in [9.17, 15) is 24.0 Å². The first-order valence-electron chi connectivity index (χ1n) is 12.1. The van der Waals surface area contributed by atoms with Crippen LogP contribution < -0.4 is 0 Å². The van der Waals surface area contributed by atoms with Gasteiger partial charge >= 0.3 is 23.7 Å². The molecule has 49 heavy (non-hydrogen) atoms. The van der Waals surface area contributed by atoms with Gasteiger partial charge < -0.3 is 46.7 Å². The van der Waals surface area contributed by atoms with Crippen molar-refractivity contribution in [3.8, 4) is 0 Å². The molecule has 0 heterocycles. The molecule has 0 aliphatic carbocycles. The largest absolute Gasteiger partial charge is 0 e. The fourth-order valence-electron chi connectivity index (χ4n) is 1.47. The maximum atomic E-state index is 10.0. The molecule has 0 aliphatic rings. The van der Waals surface area contributed by atoms with Gasteiger partial charge in [0.2, 0.25) is 0 Å². The second-order valence-electron chi connectivity index (χ2n) is 8.02. The van der Waals surface area contributed by atoms with E-state index >= 15 is 0 Å². The molecule has 0 spiro atoms. The molecule has 0 aromatic rings. The molecule has 0 bridgehead atoms. The zero-order valence-electron chi connectivity index (χ0n) is 30.1. The van der Waals surface area contributed by atoms with Gasteiger partial charge in [0.1, 0.15) is 0 Å². The summed E-state index contributed by atoms with van der Waals surface area (Å²) in [6.07, 6.45) is 5.83. The van der Waals surface area contributed by atoms with E-state index in [1.54, 1.807) is 0 Å². The number of carbonyl (C=O) groups is 7. The van der Waals surface area contributed by atoms with Gasteiger partial charge in [-0.25, -0.2) is 0 Å². The average Bonchev–Trinajstić information content (AvgIpc) is 2.71. The Morgan fingerprint density at radius 3 is 0.408 bits per heavy atom. The van der Waals surface area contributed by atoms with Crippen molar-refractivity contribution in [2.75, 3.05) is 0 Å². The van der Waals surface area contributed by atoms with Gasteiger partial charge in [-0.3, -0.25) is 33.6 Å². The first-order chi connectivity index (χ1) is 20.1. The van der Waals surface area contributed by atoms with Crippen LogP contribution in [0.15, 0.2) is 59.2 Å². The number of hydrogen-bond donors (Lipinski definition) is 7. The van der Waals surface area contributed by atoms with Crippen LogP contribution in [0.1, 0.15) is 83.1 Å². The summed E-state index contributed by atoms with van der Waals surface area (Å²) in [6, 6.07) is 0. The Kier molecular flexibility index (Phi) is 99.8. The number of rotatable bonds is 5. The standard InChI is InChI=1S/5C5H8O2.2C2H4O2.La.2H2O.O.Ti.Zn/c5*1-4(6)3-5(2)7;2*1-2(3)4;;;;;;/h5*3,6H,1-2H3;2*1H3,(H,3,4);;2*1H2;;;/b5*4-3-;;;;;;;;. The van der Waals surface area contributed by atoms with Gasteiger partial charge in [0, 0.05) is 99.3 Å². The Bertz CT molecular complexity index is 862. The molecule has 279 valence electrons. The number of allylic oxidation sites excluding steroid dienone is 10. The summed E-state index contributed by atoms with van der Waals surface area (Å²) in [7, 11) is 0. The predicted molar refractivity (Wildman–Crippen MR) is 170 cm³/mol. The Morgan fingerprint density at radius 1 is 0.347 bits per heavy atom. The molecular formula is C29H52LaO17TiZn. The Balaban J connectivity index is -0.0000000321. The van der Waals surface area contributed by atoms with Crippen LogP contribution in [0.5, 0.6) is 0 Å². The quantitative estimate of drug-likeness (QED) is 0.118. The fraction of sp³-hybridized carbons (Fsp3) is 0.414. The molecular weight excluding hydrogens is 872 g/mol. The maximum Gasteiger partial charge on any atom is 0 e. The fourth-order valence-corrected chi connectivity index (χ4v) is 1.47. The van der Waals surface area contributed by atoms with E-state index in [4.69, 9.17) is 48.7 Å². The average molecular weight is 925 g/mol. The summed E-state index contributed by atoms with van der Waals surface area (Å²) in [5, 5.41) is 56.6. The van der Waals surface area contributed by atoms with E-state index < -0.39 is 11.9 Å². The molecule has 11 N–H and O–H groups in total. The Hall–Kier alpha value is -2.76. The SMILES string of the molecule is CC(=O)/C=C(/C)O.CC(=O)/C=C(/C)O.CC(=O)/C=C(/C)O.CC(=O)/C=C(/C)O.CC(=O)/C=C(/C)O.CC(=O)O.CC(=O)O.O.O.[La].[O]=[Ti].[Zn]. The van der Waals surface area contributed by atoms with Crippen LogP contribution >= 0.6 is 0 Å². The zero-order chi connectivity index (χ0) is 38.5. The summed E-state index contributed by atoms with van der Waals surface area (Å²) in [5.74, 6) is -1.98. The van der Waals surface area contributed by atoms with Crippen molar-refractivity contribution in [2.24, 2.45) is 0 Å².